The van der Waals surface area contributed by atoms with Crippen LogP contribution in [0.5, 0.6) is 0 Å². The van der Waals surface area contributed by atoms with Gasteiger partial charge in [0.05, 0.1) is 18.1 Å². The van der Waals surface area contributed by atoms with Gasteiger partial charge >= 0.3 is 5.97 Å². The number of carboxylic acid groups (broad SMARTS) is 1. The molecule has 0 bridgehead atoms. The second-order valence-corrected chi connectivity index (χ2v) is 5.88. The highest BCUT2D eigenvalue weighted by molar-refractivity contribution is 5.75. The summed E-state index contributed by atoms with van der Waals surface area (Å²) in [5.74, 6) is -0.698. The Kier molecular flexibility index (Phi) is 3.76. The first kappa shape index (κ1) is 13.6. The Bertz CT molecular complexity index is 494. The van der Waals surface area contributed by atoms with Gasteiger partial charge in [-0.3, -0.25) is 4.79 Å². The van der Waals surface area contributed by atoms with Crippen molar-refractivity contribution >= 4 is 5.97 Å². The van der Waals surface area contributed by atoms with Gasteiger partial charge in [-0.1, -0.05) is 24.3 Å². The van der Waals surface area contributed by atoms with Crippen LogP contribution in [0.25, 0.3) is 0 Å². The van der Waals surface area contributed by atoms with Crippen LogP contribution in [0.15, 0.2) is 24.3 Å². The fourth-order valence-corrected chi connectivity index (χ4v) is 3.41. The molecular formula is C16H21NO3. The van der Waals surface area contributed by atoms with E-state index in [0.717, 1.165) is 25.8 Å². The third kappa shape index (κ3) is 2.45. The van der Waals surface area contributed by atoms with E-state index in [9.17, 15) is 9.90 Å². The van der Waals surface area contributed by atoms with Crippen molar-refractivity contribution in [3.8, 4) is 0 Å². The maximum atomic E-state index is 11.8. The highest BCUT2D eigenvalue weighted by Crippen LogP contribution is 2.40. The Hall–Kier alpha value is -1.39. The molecule has 2 atom stereocenters. The van der Waals surface area contributed by atoms with Gasteiger partial charge in [0, 0.05) is 6.54 Å². The summed E-state index contributed by atoms with van der Waals surface area (Å²) in [6, 6.07) is 8.24. The van der Waals surface area contributed by atoms with Crippen molar-refractivity contribution in [3.63, 3.8) is 0 Å². The van der Waals surface area contributed by atoms with Crippen molar-refractivity contribution in [3.05, 3.63) is 35.4 Å². The minimum Gasteiger partial charge on any atom is -0.481 e. The summed E-state index contributed by atoms with van der Waals surface area (Å²) in [4.78, 5) is 11.8. The molecule has 2 unspecified atom stereocenters. The number of ether oxygens (including phenoxy) is 1. The second-order valence-electron chi connectivity index (χ2n) is 5.88. The largest absolute Gasteiger partial charge is 0.481 e. The number of nitrogens with one attached hydrogen (secondary N) is 1. The van der Waals surface area contributed by atoms with E-state index in [1.807, 2.05) is 12.1 Å². The average molecular weight is 275 g/mol. The molecule has 20 heavy (non-hydrogen) atoms. The van der Waals surface area contributed by atoms with Crippen molar-refractivity contribution in [2.45, 2.75) is 31.8 Å². The third-order valence-electron chi connectivity index (χ3n) is 4.59. The maximum Gasteiger partial charge on any atom is 0.311 e. The third-order valence-corrected chi connectivity index (χ3v) is 4.59. The van der Waals surface area contributed by atoms with Crippen molar-refractivity contribution in [1.82, 2.24) is 5.32 Å². The molecule has 2 N–H and O–H groups in total. The van der Waals surface area contributed by atoms with Gasteiger partial charge in [-0.05, 0) is 43.4 Å². The van der Waals surface area contributed by atoms with Gasteiger partial charge in [-0.15, -0.1) is 0 Å². The summed E-state index contributed by atoms with van der Waals surface area (Å²) in [5, 5.41) is 12.9. The highest BCUT2D eigenvalue weighted by atomic mass is 16.5. The van der Waals surface area contributed by atoms with Crippen LogP contribution in [0, 0.1) is 5.41 Å². The maximum absolute atomic E-state index is 11.8. The van der Waals surface area contributed by atoms with E-state index in [1.54, 1.807) is 0 Å². The Morgan fingerprint density at radius 2 is 2.30 bits per heavy atom. The zero-order chi connectivity index (χ0) is 14.0. The normalized spacial score (nSPS) is 29.7. The van der Waals surface area contributed by atoms with Crippen molar-refractivity contribution in [1.29, 1.82) is 0 Å². The molecule has 3 rings (SSSR count). The molecule has 2 heterocycles. The Morgan fingerprint density at radius 3 is 3.05 bits per heavy atom. The lowest BCUT2D eigenvalue weighted by molar-refractivity contribution is -0.153. The molecule has 0 amide bonds. The second kappa shape index (κ2) is 5.54. The van der Waals surface area contributed by atoms with Crippen LogP contribution in [-0.2, 0) is 16.0 Å². The molecule has 2 aliphatic rings. The number of hydrogen-bond acceptors (Lipinski definition) is 3. The number of carbonyl (C=O) groups is 1. The first-order chi connectivity index (χ1) is 9.71. The van der Waals surface area contributed by atoms with E-state index >= 15 is 0 Å². The molecule has 2 aliphatic heterocycles. The Balaban J connectivity index is 1.85. The monoisotopic (exact) mass is 275 g/mol. The van der Waals surface area contributed by atoms with Crippen molar-refractivity contribution in [2.75, 3.05) is 19.7 Å². The predicted molar refractivity (Wildman–Crippen MR) is 75.6 cm³/mol. The van der Waals surface area contributed by atoms with E-state index < -0.39 is 11.4 Å². The van der Waals surface area contributed by atoms with Crippen LogP contribution in [0.1, 0.15) is 36.5 Å². The molecule has 0 spiro atoms. The zero-order valence-electron chi connectivity index (χ0n) is 11.6. The highest BCUT2D eigenvalue weighted by Gasteiger charge is 2.42. The number of piperidine rings is 1. The van der Waals surface area contributed by atoms with Crippen molar-refractivity contribution < 1.29 is 14.6 Å². The molecule has 0 radical (unpaired) electrons. The molecule has 1 fully saturated rings. The Labute approximate surface area is 119 Å². The average Bonchev–Trinajstić information content (AvgIpc) is 2.48. The van der Waals surface area contributed by atoms with Gasteiger partial charge in [0.15, 0.2) is 0 Å². The molecule has 1 aromatic rings. The molecule has 4 heteroatoms. The van der Waals surface area contributed by atoms with Crippen LogP contribution in [-0.4, -0.2) is 30.8 Å². The topological polar surface area (TPSA) is 58.6 Å². The van der Waals surface area contributed by atoms with Crippen molar-refractivity contribution in [2.24, 2.45) is 5.41 Å². The molecule has 0 aliphatic carbocycles. The van der Waals surface area contributed by atoms with Gasteiger partial charge in [0.2, 0.25) is 0 Å². The van der Waals surface area contributed by atoms with E-state index in [0.29, 0.717) is 19.6 Å². The van der Waals surface area contributed by atoms with E-state index in [1.165, 1.54) is 11.1 Å². The van der Waals surface area contributed by atoms with E-state index in [2.05, 4.69) is 17.4 Å². The summed E-state index contributed by atoms with van der Waals surface area (Å²) in [6.07, 6.45) is 3.05. The zero-order valence-corrected chi connectivity index (χ0v) is 11.6. The summed E-state index contributed by atoms with van der Waals surface area (Å²) < 4.78 is 5.89. The molecule has 108 valence electrons. The SMILES string of the molecule is O=C(O)C1(CC2OCCc3ccccc32)CCCNC1. The minimum absolute atomic E-state index is 0.0871. The van der Waals surface area contributed by atoms with E-state index in [4.69, 9.17) is 4.74 Å². The number of fused-ring (bicyclic) bond motifs is 1. The number of benzene rings is 1. The van der Waals surface area contributed by atoms with Crippen LogP contribution < -0.4 is 5.32 Å². The molecule has 1 aromatic carbocycles. The standard InChI is InChI=1S/C16H21NO3/c18-15(19)16(7-3-8-17-11-16)10-14-13-5-2-1-4-12(13)6-9-20-14/h1-2,4-5,14,17H,3,6-11H2,(H,18,19). The number of hydrogen-bond donors (Lipinski definition) is 2. The summed E-state index contributed by atoms with van der Waals surface area (Å²) >= 11 is 0. The molecular weight excluding hydrogens is 254 g/mol. The lowest BCUT2D eigenvalue weighted by Crippen LogP contribution is -2.46. The summed E-state index contributed by atoms with van der Waals surface area (Å²) in [7, 11) is 0. The predicted octanol–water partition coefficient (Wildman–Crippen LogP) is 2.14. The van der Waals surface area contributed by atoms with Gasteiger partial charge in [0.1, 0.15) is 0 Å². The first-order valence-corrected chi connectivity index (χ1v) is 7.35. The van der Waals surface area contributed by atoms with Crippen LogP contribution >= 0.6 is 0 Å². The molecule has 4 nitrogen and oxygen atoms in total. The lowest BCUT2D eigenvalue weighted by Gasteiger charge is -2.38. The van der Waals surface area contributed by atoms with Crippen LogP contribution in [0.2, 0.25) is 0 Å². The number of rotatable bonds is 3. The lowest BCUT2D eigenvalue weighted by atomic mass is 9.74. The van der Waals surface area contributed by atoms with Crippen LogP contribution in [0.3, 0.4) is 0 Å². The molecule has 0 saturated carbocycles. The first-order valence-electron chi connectivity index (χ1n) is 7.35. The fourth-order valence-electron chi connectivity index (χ4n) is 3.41. The van der Waals surface area contributed by atoms with Crippen LogP contribution in [0.4, 0.5) is 0 Å². The smallest absolute Gasteiger partial charge is 0.311 e. The van der Waals surface area contributed by atoms with Gasteiger partial charge in [-0.2, -0.15) is 0 Å². The van der Waals surface area contributed by atoms with Gasteiger partial charge in [-0.25, -0.2) is 0 Å². The van der Waals surface area contributed by atoms with E-state index in [-0.39, 0.29) is 6.10 Å². The number of aliphatic carboxylic acids is 1. The Morgan fingerprint density at radius 1 is 1.45 bits per heavy atom. The molecule has 1 saturated heterocycles. The van der Waals surface area contributed by atoms with Gasteiger partial charge in [0.25, 0.3) is 0 Å². The quantitative estimate of drug-likeness (QED) is 0.887. The summed E-state index contributed by atoms with van der Waals surface area (Å²) in [6.45, 7) is 2.15. The summed E-state index contributed by atoms with van der Waals surface area (Å²) in [5.41, 5.74) is 1.78. The number of carboxylic acids is 1. The minimum atomic E-state index is -0.698. The fraction of sp³-hybridized carbons (Fsp3) is 0.562. The van der Waals surface area contributed by atoms with Gasteiger partial charge < -0.3 is 15.2 Å². The molecule has 0 aromatic heterocycles.